The zero-order valence-electron chi connectivity index (χ0n) is 10.1. The topological polar surface area (TPSA) is 39.1 Å². The van der Waals surface area contributed by atoms with Crippen molar-refractivity contribution in [1.29, 1.82) is 0 Å². The van der Waals surface area contributed by atoms with Crippen LogP contribution < -0.4 is 5.32 Å². The fraction of sp³-hybridized carbons (Fsp3) is 0.750. The Morgan fingerprint density at radius 1 is 1.56 bits per heavy atom. The van der Waals surface area contributed by atoms with Gasteiger partial charge in [0.1, 0.15) is 0 Å². The highest BCUT2D eigenvalue weighted by atomic mass is 16.5. The van der Waals surface area contributed by atoms with Gasteiger partial charge in [-0.25, -0.2) is 0 Å². The molecule has 0 amide bonds. The van der Waals surface area contributed by atoms with Gasteiger partial charge in [0.05, 0.1) is 12.3 Å². The monoisotopic (exact) mass is 223 g/mol. The van der Waals surface area contributed by atoms with Crippen molar-refractivity contribution in [2.75, 3.05) is 7.11 Å². The summed E-state index contributed by atoms with van der Waals surface area (Å²) in [6.07, 6.45) is 9.30. The Bertz CT molecular complexity index is 324. The molecule has 0 aromatic carbocycles. The molecule has 4 nitrogen and oxygen atoms in total. The maximum atomic E-state index is 5.42. The molecular weight excluding hydrogens is 202 g/mol. The molecule has 0 saturated heterocycles. The summed E-state index contributed by atoms with van der Waals surface area (Å²) in [7, 11) is 3.76. The van der Waals surface area contributed by atoms with Crippen LogP contribution in [-0.4, -0.2) is 29.0 Å². The summed E-state index contributed by atoms with van der Waals surface area (Å²) in [5.41, 5.74) is 1.25. The van der Waals surface area contributed by atoms with Gasteiger partial charge in [-0.3, -0.25) is 4.68 Å². The molecule has 1 N–H and O–H groups in total. The second-order valence-electron chi connectivity index (χ2n) is 4.62. The SMILES string of the molecule is COC1CCCC(NCc2cnn(C)c2)C1. The summed E-state index contributed by atoms with van der Waals surface area (Å²) < 4.78 is 7.26. The average molecular weight is 223 g/mol. The van der Waals surface area contributed by atoms with Crippen molar-refractivity contribution < 1.29 is 4.74 Å². The summed E-state index contributed by atoms with van der Waals surface area (Å²) in [5.74, 6) is 0. The van der Waals surface area contributed by atoms with E-state index in [2.05, 4.69) is 16.6 Å². The molecular formula is C12H21N3O. The number of methoxy groups -OCH3 is 1. The Morgan fingerprint density at radius 3 is 3.12 bits per heavy atom. The van der Waals surface area contributed by atoms with Gasteiger partial charge in [0.25, 0.3) is 0 Å². The van der Waals surface area contributed by atoms with Gasteiger partial charge in [-0.1, -0.05) is 0 Å². The van der Waals surface area contributed by atoms with Crippen LogP contribution in [0.3, 0.4) is 0 Å². The number of aryl methyl sites for hydroxylation is 1. The third-order valence-electron chi connectivity index (χ3n) is 3.31. The van der Waals surface area contributed by atoms with Crippen molar-refractivity contribution in [1.82, 2.24) is 15.1 Å². The first-order chi connectivity index (χ1) is 7.78. The van der Waals surface area contributed by atoms with Gasteiger partial charge in [0.15, 0.2) is 0 Å². The Hall–Kier alpha value is -0.870. The van der Waals surface area contributed by atoms with Gasteiger partial charge in [0, 0.05) is 38.5 Å². The maximum absolute atomic E-state index is 5.42. The number of nitrogens with one attached hydrogen (secondary N) is 1. The van der Waals surface area contributed by atoms with E-state index in [-0.39, 0.29) is 0 Å². The lowest BCUT2D eigenvalue weighted by Gasteiger charge is -2.28. The van der Waals surface area contributed by atoms with E-state index in [1.807, 2.05) is 25.0 Å². The molecule has 0 bridgehead atoms. The molecule has 2 atom stereocenters. The Kier molecular flexibility index (Phi) is 3.96. The molecule has 2 rings (SSSR count). The maximum Gasteiger partial charge on any atom is 0.0586 e. The van der Waals surface area contributed by atoms with Crippen molar-refractivity contribution in [3.63, 3.8) is 0 Å². The minimum absolute atomic E-state index is 0.445. The van der Waals surface area contributed by atoms with Crippen LogP contribution in [0.25, 0.3) is 0 Å². The van der Waals surface area contributed by atoms with Gasteiger partial charge < -0.3 is 10.1 Å². The van der Waals surface area contributed by atoms with Gasteiger partial charge in [-0.2, -0.15) is 5.10 Å². The normalized spacial score (nSPS) is 25.9. The predicted molar refractivity (Wildman–Crippen MR) is 63.1 cm³/mol. The van der Waals surface area contributed by atoms with E-state index in [4.69, 9.17) is 4.74 Å². The Balaban J connectivity index is 1.77. The second kappa shape index (κ2) is 5.46. The highest BCUT2D eigenvalue weighted by Gasteiger charge is 2.20. The number of hydrogen-bond donors (Lipinski definition) is 1. The number of ether oxygens (including phenoxy) is 1. The third kappa shape index (κ3) is 3.06. The lowest BCUT2D eigenvalue weighted by atomic mass is 9.93. The Labute approximate surface area is 97.0 Å². The minimum Gasteiger partial charge on any atom is -0.381 e. The molecule has 1 saturated carbocycles. The summed E-state index contributed by atoms with van der Waals surface area (Å²) in [6.45, 7) is 0.912. The zero-order chi connectivity index (χ0) is 11.4. The van der Waals surface area contributed by atoms with Crippen LogP contribution in [0.4, 0.5) is 0 Å². The van der Waals surface area contributed by atoms with Crippen molar-refractivity contribution in [3.8, 4) is 0 Å². The van der Waals surface area contributed by atoms with E-state index in [1.165, 1.54) is 24.8 Å². The molecule has 1 fully saturated rings. The highest BCUT2D eigenvalue weighted by molar-refractivity contribution is 5.03. The third-order valence-corrected chi connectivity index (χ3v) is 3.31. The van der Waals surface area contributed by atoms with E-state index >= 15 is 0 Å². The van der Waals surface area contributed by atoms with Gasteiger partial charge in [-0.15, -0.1) is 0 Å². The van der Waals surface area contributed by atoms with Crippen LogP contribution in [-0.2, 0) is 18.3 Å². The van der Waals surface area contributed by atoms with Crippen LogP contribution in [0.1, 0.15) is 31.2 Å². The molecule has 1 aliphatic rings. The van der Waals surface area contributed by atoms with E-state index < -0.39 is 0 Å². The van der Waals surface area contributed by atoms with E-state index in [0.29, 0.717) is 12.1 Å². The van der Waals surface area contributed by atoms with E-state index in [0.717, 1.165) is 13.0 Å². The number of hydrogen-bond acceptors (Lipinski definition) is 3. The predicted octanol–water partition coefficient (Wildman–Crippen LogP) is 1.47. The Morgan fingerprint density at radius 2 is 2.44 bits per heavy atom. The molecule has 0 spiro atoms. The summed E-state index contributed by atoms with van der Waals surface area (Å²) in [5, 5.41) is 7.75. The zero-order valence-corrected chi connectivity index (χ0v) is 10.1. The smallest absolute Gasteiger partial charge is 0.0586 e. The molecule has 16 heavy (non-hydrogen) atoms. The van der Waals surface area contributed by atoms with Crippen LogP contribution >= 0.6 is 0 Å². The van der Waals surface area contributed by atoms with Crippen LogP contribution in [0.15, 0.2) is 12.4 Å². The molecule has 0 radical (unpaired) electrons. The molecule has 1 aliphatic carbocycles. The van der Waals surface area contributed by atoms with Crippen molar-refractivity contribution in [3.05, 3.63) is 18.0 Å². The summed E-state index contributed by atoms with van der Waals surface area (Å²) >= 11 is 0. The van der Waals surface area contributed by atoms with Crippen LogP contribution in [0, 0.1) is 0 Å². The van der Waals surface area contributed by atoms with Crippen molar-refractivity contribution >= 4 is 0 Å². The highest BCUT2D eigenvalue weighted by Crippen LogP contribution is 2.20. The molecule has 0 aliphatic heterocycles. The van der Waals surface area contributed by atoms with Crippen LogP contribution in [0.5, 0.6) is 0 Å². The fourth-order valence-electron chi connectivity index (χ4n) is 2.37. The largest absolute Gasteiger partial charge is 0.381 e. The molecule has 1 heterocycles. The quantitative estimate of drug-likeness (QED) is 0.840. The molecule has 4 heteroatoms. The van der Waals surface area contributed by atoms with E-state index in [9.17, 15) is 0 Å². The molecule has 1 aromatic rings. The van der Waals surface area contributed by atoms with Gasteiger partial charge in [-0.05, 0) is 25.7 Å². The van der Waals surface area contributed by atoms with E-state index in [1.54, 1.807) is 0 Å². The lowest BCUT2D eigenvalue weighted by Crippen LogP contribution is -2.36. The minimum atomic E-state index is 0.445. The number of aromatic nitrogens is 2. The van der Waals surface area contributed by atoms with Crippen molar-refractivity contribution in [2.24, 2.45) is 7.05 Å². The van der Waals surface area contributed by atoms with Crippen LogP contribution in [0.2, 0.25) is 0 Å². The average Bonchev–Trinajstić information content (AvgIpc) is 2.73. The number of rotatable bonds is 4. The summed E-state index contributed by atoms with van der Waals surface area (Å²) in [6, 6.07) is 0.596. The molecule has 90 valence electrons. The van der Waals surface area contributed by atoms with Gasteiger partial charge >= 0.3 is 0 Å². The second-order valence-corrected chi connectivity index (χ2v) is 4.62. The fourth-order valence-corrected chi connectivity index (χ4v) is 2.37. The number of nitrogens with zero attached hydrogens (tertiary/aromatic N) is 2. The molecule has 2 unspecified atom stereocenters. The standard InChI is InChI=1S/C12H21N3O/c1-15-9-10(8-14-15)7-13-11-4-3-5-12(6-11)16-2/h8-9,11-13H,3-7H2,1-2H3. The van der Waals surface area contributed by atoms with Crippen molar-refractivity contribution in [2.45, 2.75) is 44.4 Å². The summed E-state index contributed by atoms with van der Waals surface area (Å²) in [4.78, 5) is 0. The first kappa shape index (κ1) is 11.6. The first-order valence-corrected chi connectivity index (χ1v) is 6.01. The first-order valence-electron chi connectivity index (χ1n) is 6.01. The van der Waals surface area contributed by atoms with Gasteiger partial charge in [0.2, 0.25) is 0 Å². The lowest BCUT2D eigenvalue weighted by molar-refractivity contribution is 0.0586. The molecule has 1 aromatic heterocycles.